The van der Waals surface area contributed by atoms with Gasteiger partial charge in [-0.15, -0.1) is 0 Å². The molecule has 4 rings (SSSR count). The Bertz CT molecular complexity index is 498. The molecule has 2 aliphatic heterocycles. The van der Waals surface area contributed by atoms with Gasteiger partial charge in [0.2, 0.25) is 0 Å². The Morgan fingerprint density at radius 1 is 1.21 bits per heavy atom. The number of nitrogens with zero attached hydrogens (tertiary/aromatic N) is 1. The Morgan fingerprint density at radius 3 is 3.05 bits per heavy atom. The number of aryl methyl sites for hydroxylation is 2. The van der Waals surface area contributed by atoms with E-state index in [9.17, 15) is 5.11 Å². The van der Waals surface area contributed by atoms with E-state index in [0.717, 1.165) is 25.9 Å². The third kappa shape index (κ3) is 2.02. The van der Waals surface area contributed by atoms with Crippen LogP contribution in [0.3, 0.4) is 0 Å². The van der Waals surface area contributed by atoms with Crippen LogP contribution in [0.25, 0.3) is 0 Å². The van der Waals surface area contributed by atoms with Gasteiger partial charge in [0.15, 0.2) is 0 Å². The lowest BCUT2D eigenvalue weighted by Crippen LogP contribution is -2.47. The van der Waals surface area contributed by atoms with Crippen molar-refractivity contribution in [1.82, 2.24) is 4.90 Å². The second kappa shape index (κ2) is 4.32. The van der Waals surface area contributed by atoms with Crippen molar-refractivity contribution in [2.45, 2.75) is 44.1 Å². The van der Waals surface area contributed by atoms with Crippen molar-refractivity contribution in [2.75, 3.05) is 19.6 Å². The van der Waals surface area contributed by atoms with E-state index in [-0.39, 0.29) is 0 Å². The molecule has 0 radical (unpaired) electrons. The van der Waals surface area contributed by atoms with Crippen LogP contribution in [-0.2, 0) is 19.3 Å². The van der Waals surface area contributed by atoms with Gasteiger partial charge in [-0.1, -0.05) is 18.2 Å². The van der Waals surface area contributed by atoms with E-state index in [2.05, 4.69) is 23.1 Å². The van der Waals surface area contributed by atoms with E-state index in [4.69, 9.17) is 0 Å². The van der Waals surface area contributed by atoms with Crippen LogP contribution in [0, 0.1) is 5.92 Å². The number of aliphatic hydroxyl groups is 1. The molecule has 0 saturated carbocycles. The van der Waals surface area contributed by atoms with Crippen LogP contribution in [-0.4, -0.2) is 35.2 Å². The number of rotatable bonds is 2. The highest BCUT2D eigenvalue weighted by atomic mass is 16.3. The van der Waals surface area contributed by atoms with E-state index in [1.165, 1.54) is 48.9 Å². The summed E-state index contributed by atoms with van der Waals surface area (Å²) in [4.78, 5) is 2.50. The zero-order chi connectivity index (χ0) is 12.9. The average Bonchev–Trinajstić information content (AvgIpc) is 3.02. The summed E-state index contributed by atoms with van der Waals surface area (Å²) in [7, 11) is 0. The number of hydrogen-bond acceptors (Lipinski definition) is 2. The fourth-order valence-corrected chi connectivity index (χ4v) is 4.35. The van der Waals surface area contributed by atoms with Gasteiger partial charge in [0.1, 0.15) is 0 Å². The fraction of sp³-hybridized carbons (Fsp3) is 0.647. The summed E-state index contributed by atoms with van der Waals surface area (Å²) in [5.41, 5.74) is 3.97. The van der Waals surface area contributed by atoms with Gasteiger partial charge in [0, 0.05) is 25.4 Å². The predicted molar refractivity (Wildman–Crippen MR) is 76.3 cm³/mol. The van der Waals surface area contributed by atoms with E-state index in [1.807, 2.05) is 0 Å². The zero-order valence-electron chi connectivity index (χ0n) is 11.6. The van der Waals surface area contributed by atoms with E-state index < -0.39 is 5.60 Å². The number of benzene rings is 1. The summed E-state index contributed by atoms with van der Waals surface area (Å²) in [5.74, 6) is 0.495. The smallest absolute Gasteiger partial charge is 0.0740 e. The van der Waals surface area contributed by atoms with E-state index >= 15 is 0 Å². The predicted octanol–water partition coefficient (Wildman–Crippen LogP) is 2.17. The van der Waals surface area contributed by atoms with Gasteiger partial charge < -0.3 is 10.0 Å². The lowest BCUT2D eigenvalue weighted by atomic mass is 9.77. The minimum Gasteiger partial charge on any atom is -0.389 e. The molecule has 2 saturated heterocycles. The maximum atomic E-state index is 11.0. The normalized spacial score (nSPS) is 36.5. The minimum atomic E-state index is -0.445. The van der Waals surface area contributed by atoms with Crippen molar-refractivity contribution in [1.29, 1.82) is 0 Å². The van der Waals surface area contributed by atoms with Gasteiger partial charge in [-0.3, -0.25) is 0 Å². The molecule has 2 bridgehead atoms. The highest BCUT2D eigenvalue weighted by molar-refractivity contribution is 5.36. The molecule has 2 heteroatoms. The standard InChI is InChI=1S/C17H23NO/c19-17(7-9-18-8-6-16(17)12-18)11-13-4-5-14-2-1-3-15(14)10-13/h4-5,10,16,19H,1-3,6-9,11-12H2. The highest BCUT2D eigenvalue weighted by Crippen LogP contribution is 2.38. The van der Waals surface area contributed by atoms with Gasteiger partial charge in [-0.05, 0) is 55.3 Å². The van der Waals surface area contributed by atoms with Crippen LogP contribution < -0.4 is 0 Å². The summed E-state index contributed by atoms with van der Waals surface area (Å²) in [6.45, 7) is 3.39. The summed E-state index contributed by atoms with van der Waals surface area (Å²) in [6, 6.07) is 6.91. The molecule has 0 spiro atoms. The van der Waals surface area contributed by atoms with Crippen molar-refractivity contribution >= 4 is 0 Å². The van der Waals surface area contributed by atoms with Crippen LogP contribution in [0.2, 0.25) is 0 Å². The van der Waals surface area contributed by atoms with Gasteiger partial charge >= 0.3 is 0 Å². The summed E-state index contributed by atoms with van der Waals surface area (Å²) < 4.78 is 0. The first-order chi connectivity index (χ1) is 9.23. The second-order valence-corrected chi connectivity index (χ2v) is 6.77. The Balaban J connectivity index is 1.57. The molecule has 3 unspecified atom stereocenters. The Hall–Kier alpha value is -0.860. The number of piperidine rings is 1. The van der Waals surface area contributed by atoms with Crippen molar-refractivity contribution in [3.8, 4) is 0 Å². The molecule has 1 aromatic carbocycles. The number of fused-ring (bicyclic) bond motifs is 3. The topological polar surface area (TPSA) is 23.5 Å². The third-order valence-corrected chi connectivity index (χ3v) is 5.57. The zero-order valence-corrected chi connectivity index (χ0v) is 11.6. The molecule has 3 aliphatic rings. The van der Waals surface area contributed by atoms with E-state index in [1.54, 1.807) is 0 Å². The monoisotopic (exact) mass is 257 g/mol. The maximum absolute atomic E-state index is 11.0. The van der Waals surface area contributed by atoms with Crippen LogP contribution in [0.1, 0.15) is 36.0 Å². The van der Waals surface area contributed by atoms with Crippen molar-refractivity contribution in [3.63, 3.8) is 0 Å². The fourth-order valence-electron chi connectivity index (χ4n) is 4.35. The number of hydrogen-bond donors (Lipinski definition) is 1. The van der Waals surface area contributed by atoms with Gasteiger partial charge in [0.05, 0.1) is 5.60 Å². The molecule has 0 amide bonds. The molecule has 3 atom stereocenters. The Kier molecular flexibility index (Phi) is 2.71. The van der Waals surface area contributed by atoms with E-state index in [0.29, 0.717) is 5.92 Å². The Labute approximate surface area is 115 Å². The molecule has 2 fully saturated rings. The molecule has 2 heterocycles. The molecule has 19 heavy (non-hydrogen) atoms. The third-order valence-electron chi connectivity index (χ3n) is 5.57. The second-order valence-electron chi connectivity index (χ2n) is 6.77. The molecular formula is C17H23NO. The van der Waals surface area contributed by atoms with Gasteiger partial charge in [0.25, 0.3) is 0 Å². The largest absolute Gasteiger partial charge is 0.389 e. The summed E-state index contributed by atoms with van der Waals surface area (Å²) in [6.07, 6.45) is 6.78. The molecule has 102 valence electrons. The first-order valence-corrected chi connectivity index (χ1v) is 7.78. The van der Waals surface area contributed by atoms with Crippen molar-refractivity contribution in [3.05, 3.63) is 34.9 Å². The molecule has 1 aromatic rings. The average molecular weight is 257 g/mol. The Morgan fingerprint density at radius 2 is 2.11 bits per heavy atom. The first-order valence-electron chi connectivity index (χ1n) is 7.78. The molecule has 0 aromatic heterocycles. The lowest BCUT2D eigenvalue weighted by Gasteiger charge is -2.39. The van der Waals surface area contributed by atoms with Crippen molar-refractivity contribution in [2.24, 2.45) is 5.92 Å². The van der Waals surface area contributed by atoms with Crippen LogP contribution >= 0.6 is 0 Å². The van der Waals surface area contributed by atoms with Crippen LogP contribution in [0.4, 0.5) is 0 Å². The molecule has 1 N–H and O–H groups in total. The van der Waals surface area contributed by atoms with Gasteiger partial charge in [-0.25, -0.2) is 0 Å². The molecule has 1 aliphatic carbocycles. The first kappa shape index (κ1) is 11.9. The molecule has 2 nitrogen and oxygen atoms in total. The van der Waals surface area contributed by atoms with Crippen LogP contribution in [0.15, 0.2) is 18.2 Å². The lowest BCUT2D eigenvalue weighted by molar-refractivity contribution is -0.0439. The highest BCUT2D eigenvalue weighted by Gasteiger charge is 2.44. The minimum absolute atomic E-state index is 0.445. The van der Waals surface area contributed by atoms with Crippen molar-refractivity contribution < 1.29 is 5.11 Å². The maximum Gasteiger partial charge on any atom is 0.0740 e. The SMILES string of the molecule is OC1(Cc2ccc3c(c2)CCC3)CCN2CCC1C2. The molecular weight excluding hydrogens is 234 g/mol. The summed E-state index contributed by atoms with van der Waals surface area (Å²) >= 11 is 0. The summed E-state index contributed by atoms with van der Waals surface area (Å²) in [5, 5.41) is 11.0. The quantitative estimate of drug-likeness (QED) is 0.878. The van der Waals surface area contributed by atoms with Crippen LogP contribution in [0.5, 0.6) is 0 Å². The van der Waals surface area contributed by atoms with Gasteiger partial charge in [-0.2, -0.15) is 0 Å².